The fourth-order valence-corrected chi connectivity index (χ4v) is 1.31. The molecule has 0 saturated heterocycles. The molecule has 0 aromatic carbocycles. The van der Waals surface area contributed by atoms with Crippen molar-refractivity contribution in [1.29, 1.82) is 0 Å². The lowest BCUT2D eigenvalue weighted by molar-refractivity contribution is -0.159. The number of hydrogen-bond acceptors (Lipinski definition) is 3. The molecule has 0 aromatic rings. The molecular weight excluding hydrogens is 156 g/mol. The second-order valence-corrected chi connectivity index (χ2v) is 2.96. The fraction of sp³-hybridized carbons (Fsp3) is 0.889. The normalized spacial score (nSPS) is 11.3. The summed E-state index contributed by atoms with van der Waals surface area (Å²) in [5, 5.41) is 8.79. The molecule has 0 heterocycles. The predicted octanol–water partition coefficient (Wildman–Crippen LogP) is 1.49. The second-order valence-electron chi connectivity index (χ2n) is 2.96. The van der Waals surface area contributed by atoms with Gasteiger partial charge in [0.05, 0.1) is 0 Å². The van der Waals surface area contributed by atoms with Gasteiger partial charge in [-0.3, -0.25) is 4.79 Å². The minimum Gasteiger partial charge on any atom is -0.459 e. The number of aliphatic hydroxyl groups excluding tert-OH is 1. The molecule has 0 aliphatic carbocycles. The Kier molecular flexibility index (Phi) is 4.90. The van der Waals surface area contributed by atoms with Gasteiger partial charge in [-0.05, 0) is 12.8 Å². The minimum atomic E-state index is -0.444. The Morgan fingerprint density at radius 1 is 1.42 bits per heavy atom. The monoisotopic (exact) mass is 174 g/mol. The number of rotatable bonds is 5. The van der Waals surface area contributed by atoms with E-state index in [4.69, 9.17) is 9.84 Å². The van der Waals surface area contributed by atoms with E-state index in [-0.39, 0.29) is 12.6 Å². The molecule has 0 fully saturated rings. The van der Waals surface area contributed by atoms with Gasteiger partial charge in [0.1, 0.15) is 5.60 Å². The summed E-state index contributed by atoms with van der Waals surface area (Å²) in [7, 11) is 0. The zero-order chi connectivity index (χ0) is 9.61. The van der Waals surface area contributed by atoms with Gasteiger partial charge in [-0.2, -0.15) is 0 Å². The van der Waals surface area contributed by atoms with Crippen molar-refractivity contribution >= 4 is 5.97 Å². The third kappa shape index (κ3) is 3.22. The Labute approximate surface area is 73.7 Å². The van der Waals surface area contributed by atoms with Gasteiger partial charge >= 0.3 is 5.97 Å². The molecule has 0 spiro atoms. The molecule has 0 amide bonds. The van der Waals surface area contributed by atoms with Crippen molar-refractivity contribution in [2.75, 3.05) is 6.61 Å². The molecule has 0 aliphatic rings. The van der Waals surface area contributed by atoms with Crippen LogP contribution in [0.3, 0.4) is 0 Å². The van der Waals surface area contributed by atoms with E-state index in [1.807, 2.05) is 13.8 Å². The largest absolute Gasteiger partial charge is 0.459 e. The summed E-state index contributed by atoms with van der Waals surface area (Å²) in [6.07, 6.45) is 2.03. The highest BCUT2D eigenvalue weighted by molar-refractivity contribution is 5.66. The Bertz CT molecular complexity index is 139. The van der Waals surface area contributed by atoms with Gasteiger partial charge in [-0.1, -0.05) is 13.8 Å². The first kappa shape index (κ1) is 11.4. The van der Waals surface area contributed by atoms with Crippen LogP contribution in [0.25, 0.3) is 0 Å². The van der Waals surface area contributed by atoms with Gasteiger partial charge in [0.15, 0.2) is 0 Å². The summed E-state index contributed by atoms with van der Waals surface area (Å²) in [5.41, 5.74) is -0.444. The van der Waals surface area contributed by atoms with E-state index >= 15 is 0 Å². The molecule has 0 aliphatic heterocycles. The van der Waals surface area contributed by atoms with Gasteiger partial charge < -0.3 is 9.84 Å². The average molecular weight is 174 g/mol. The molecule has 72 valence electrons. The lowest BCUT2D eigenvalue weighted by Crippen LogP contribution is -2.34. The van der Waals surface area contributed by atoms with Crippen molar-refractivity contribution in [3.63, 3.8) is 0 Å². The van der Waals surface area contributed by atoms with E-state index < -0.39 is 5.60 Å². The third-order valence-electron chi connectivity index (χ3n) is 2.22. The molecule has 0 radical (unpaired) electrons. The van der Waals surface area contributed by atoms with E-state index in [0.717, 1.165) is 12.8 Å². The standard InChI is InChI=1S/C9H18O3/c1-4-9(5-2,6-7-10)12-8(3)11/h10H,4-7H2,1-3H3. The Hall–Kier alpha value is -0.570. The maximum atomic E-state index is 10.7. The highest BCUT2D eigenvalue weighted by atomic mass is 16.6. The molecule has 1 N–H and O–H groups in total. The van der Waals surface area contributed by atoms with Crippen molar-refractivity contribution in [3.8, 4) is 0 Å². The maximum Gasteiger partial charge on any atom is 0.303 e. The van der Waals surface area contributed by atoms with Crippen LogP contribution in [0.15, 0.2) is 0 Å². The number of esters is 1. The summed E-state index contributed by atoms with van der Waals surface area (Å²) < 4.78 is 5.18. The molecule has 3 nitrogen and oxygen atoms in total. The van der Waals surface area contributed by atoms with Crippen LogP contribution in [-0.4, -0.2) is 23.3 Å². The molecule has 0 unspecified atom stereocenters. The van der Waals surface area contributed by atoms with Crippen LogP contribution < -0.4 is 0 Å². The van der Waals surface area contributed by atoms with E-state index in [9.17, 15) is 4.79 Å². The zero-order valence-electron chi connectivity index (χ0n) is 8.09. The van der Waals surface area contributed by atoms with Crippen LogP contribution in [-0.2, 0) is 9.53 Å². The van der Waals surface area contributed by atoms with Crippen molar-refractivity contribution in [1.82, 2.24) is 0 Å². The van der Waals surface area contributed by atoms with Crippen molar-refractivity contribution in [2.24, 2.45) is 0 Å². The van der Waals surface area contributed by atoms with E-state index in [2.05, 4.69) is 0 Å². The Balaban J connectivity index is 4.23. The summed E-state index contributed by atoms with van der Waals surface area (Å²) in [4.78, 5) is 10.7. The number of hydrogen-bond donors (Lipinski definition) is 1. The molecule has 0 atom stereocenters. The molecular formula is C9H18O3. The van der Waals surface area contributed by atoms with Gasteiger partial charge in [0.25, 0.3) is 0 Å². The summed E-state index contributed by atoms with van der Waals surface area (Å²) in [6.45, 7) is 5.39. The quantitative estimate of drug-likeness (QED) is 0.642. The second kappa shape index (κ2) is 5.14. The summed E-state index contributed by atoms with van der Waals surface area (Å²) in [6, 6.07) is 0. The van der Waals surface area contributed by atoms with Crippen LogP contribution in [0.2, 0.25) is 0 Å². The first-order valence-electron chi connectivity index (χ1n) is 4.40. The lowest BCUT2D eigenvalue weighted by atomic mass is 9.93. The van der Waals surface area contributed by atoms with Crippen molar-refractivity contribution < 1.29 is 14.6 Å². The van der Waals surface area contributed by atoms with Crippen LogP contribution in [0.4, 0.5) is 0 Å². The van der Waals surface area contributed by atoms with Gasteiger partial charge in [0, 0.05) is 20.0 Å². The number of carbonyl (C=O) groups is 1. The van der Waals surface area contributed by atoms with Gasteiger partial charge in [-0.25, -0.2) is 0 Å². The van der Waals surface area contributed by atoms with Crippen LogP contribution in [0.5, 0.6) is 0 Å². The van der Waals surface area contributed by atoms with Crippen LogP contribution >= 0.6 is 0 Å². The number of aliphatic hydroxyl groups is 1. The van der Waals surface area contributed by atoms with E-state index in [0.29, 0.717) is 6.42 Å². The average Bonchev–Trinajstić information content (AvgIpc) is 2.03. The maximum absolute atomic E-state index is 10.7. The van der Waals surface area contributed by atoms with E-state index in [1.54, 1.807) is 0 Å². The Morgan fingerprint density at radius 2 is 1.92 bits per heavy atom. The molecule has 12 heavy (non-hydrogen) atoms. The molecule has 3 heteroatoms. The molecule has 0 aromatic heterocycles. The first-order chi connectivity index (χ1) is 5.60. The van der Waals surface area contributed by atoms with E-state index in [1.165, 1.54) is 6.92 Å². The highest BCUT2D eigenvalue weighted by Crippen LogP contribution is 2.24. The van der Waals surface area contributed by atoms with Gasteiger partial charge in [0.2, 0.25) is 0 Å². The SMILES string of the molecule is CCC(CC)(CCO)OC(C)=O. The summed E-state index contributed by atoms with van der Waals surface area (Å²) >= 11 is 0. The topological polar surface area (TPSA) is 46.5 Å². The van der Waals surface area contributed by atoms with Gasteiger partial charge in [-0.15, -0.1) is 0 Å². The minimum absolute atomic E-state index is 0.0644. The lowest BCUT2D eigenvalue weighted by Gasteiger charge is -2.30. The Morgan fingerprint density at radius 3 is 2.17 bits per heavy atom. The smallest absolute Gasteiger partial charge is 0.303 e. The number of carbonyl (C=O) groups excluding carboxylic acids is 1. The van der Waals surface area contributed by atoms with Crippen LogP contribution in [0.1, 0.15) is 40.0 Å². The van der Waals surface area contributed by atoms with Crippen molar-refractivity contribution in [2.45, 2.75) is 45.6 Å². The summed E-state index contributed by atoms with van der Waals surface area (Å²) in [5.74, 6) is -0.271. The number of ether oxygens (including phenoxy) is 1. The predicted molar refractivity (Wildman–Crippen MR) is 46.8 cm³/mol. The van der Waals surface area contributed by atoms with Crippen LogP contribution in [0, 0.1) is 0 Å². The molecule has 0 rings (SSSR count). The highest BCUT2D eigenvalue weighted by Gasteiger charge is 2.28. The zero-order valence-corrected chi connectivity index (χ0v) is 8.09. The molecule has 0 saturated carbocycles. The van der Waals surface area contributed by atoms with Crippen molar-refractivity contribution in [3.05, 3.63) is 0 Å². The first-order valence-corrected chi connectivity index (χ1v) is 4.40. The third-order valence-corrected chi connectivity index (χ3v) is 2.22. The molecule has 0 bridgehead atoms. The fourth-order valence-electron chi connectivity index (χ4n) is 1.31.